The quantitative estimate of drug-likeness (QED) is 0.938. The molecule has 0 aromatic carbocycles. The van der Waals surface area contributed by atoms with Crippen LogP contribution in [0.15, 0.2) is 42.6 Å². The van der Waals surface area contributed by atoms with E-state index in [0.717, 1.165) is 35.5 Å². The van der Waals surface area contributed by atoms with Crippen LogP contribution in [0.5, 0.6) is 0 Å². The highest BCUT2D eigenvalue weighted by Gasteiger charge is 2.27. The summed E-state index contributed by atoms with van der Waals surface area (Å²) in [5.41, 5.74) is 1.94. The van der Waals surface area contributed by atoms with E-state index in [2.05, 4.69) is 50.2 Å². The summed E-state index contributed by atoms with van der Waals surface area (Å²) in [5.74, 6) is 2.62. The topological polar surface area (TPSA) is 55.6 Å². The van der Waals surface area contributed by atoms with Gasteiger partial charge in [0, 0.05) is 18.8 Å². The summed E-state index contributed by atoms with van der Waals surface area (Å²) < 4.78 is 2.31. The predicted octanol–water partition coefficient (Wildman–Crippen LogP) is 3.59. The molecule has 0 radical (unpaired) electrons. The van der Waals surface area contributed by atoms with Gasteiger partial charge in [0.1, 0.15) is 5.69 Å². The molecule has 0 atom stereocenters. The van der Waals surface area contributed by atoms with Crippen molar-refractivity contribution in [3.05, 3.63) is 48.4 Å². The normalized spacial score (nSPS) is 23.6. The molecule has 5 heteroatoms. The molecule has 2 aliphatic rings. The third kappa shape index (κ3) is 2.86. The number of aromatic nitrogens is 4. The summed E-state index contributed by atoms with van der Waals surface area (Å²) in [5, 5.41) is 12.4. The van der Waals surface area contributed by atoms with Crippen LogP contribution in [-0.4, -0.2) is 26.3 Å². The number of pyridine rings is 1. The van der Waals surface area contributed by atoms with Crippen molar-refractivity contribution >= 4 is 5.70 Å². The highest BCUT2D eigenvalue weighted by molar-refractivity contribution is 5.64. The van der Waals surface area contributed by atoms with Crippen molar-refractivity contribution in [3.63, 3.8) is 0 Å². The van der Waals surface area contributed by atoms with Gasteiger partial charge in [-0.1, -0.05) is 25.1 Å². The van der Waals surface area contributed by atoms with Gasteiger partial charge in [0.25, 0.3) is 0 Å². The minimum atomic E-state index is 0.441. The maximum atomic E-state index is 4.52. The van der Waals surface area contributed by atoms with E-state index >= 15 is 0 Å². The lowest BCUT2D eigenvalue weighted by atomic mass is 9.87. The van der Waals surface area contributed by atoms with Crippen LogP contribution in [0.1, 0.15) is 44.5 Å². The lowest BCUT2D eigenvalue weighted by molar-refractivity contribution is 0.289. The molecule has 0 amide bonds. The first-order chi connectivity index (χ1) is 11.8. The zero-order chi connectivity index (χ0) is 16.4. The number of nitrogens with zero attached hydrogens (tertiary/aromatic N) is 4. The molecule has 2 aromatic rings. The van der Waals surface area contributed by atoms with Gasteiger partial charge >= 0.3 is 0 Å². The number of dihydropyridines is 1. The molecule has 2 aromatic heterocycles. The van der Waals surface area contributed by atoms with E-state index in [9.17, 15) is 0 Å². The van der Waals surface area contributed by atoms with Gasteiger partial charge < -0.3 is 9.88 Å². The lowest BCUT2D eigenvalue weighted by Gasteiger charge is -2.29. The van der Waals surface area contributed by atoms with E-state index in [0.29, 0.717) is 6.04 Å². The molecule has 1 fully saturated rings. The summed E-state index contributed by atoms with van der Waals surface area (Å²) in [6, 6.07) is 6.39. The third-order valence-electron chi connectivity index (χ3n) is 4.99. The largest absolute Gasteiger partial charge is 0.379 e. The molecule has 1 saturated carbocycles. The number of rotatable bonds is 3. The van der Waals surface area contributed by atoms with Gasteiger partial charge in [-0.25, -0.2) is 0 Å². The van der Waals surface area contributed by atoms with Gasteiger partial charge in [-0.3, -0.25) is 4.98 Å². The van der Waals surface area contributed by atoms with Crippen molar-refractivity contribution < 1.29 is 0 Å². The Morgan fingerprint density at radius 1 is 1.08 bits per heavy atom. The van der Waals surface area contributed by atoms with Crippen molar-refractivity contribution in [1.29, 1.82) is 0 Å². The van der Waals surface area contributed by atoms with Gasteiger partial charge in [-0.05, 0) is 49.8 Å². The summed E-state index contributed by atoms with van der Waals surface area (Å²) in [6.45, 7) is 3.18. The van der Waals surface area contributed by atoms with Crippen molar-refractivity contribution in [3.8, 4) is 11.5 Å². The highest BCUT2D eigenvalue weighted by atomic mass is 15.3. The van der Waals surface area contributed by atoms with Gasteiger partial charge in [-0.2, -0.15) is 0 Å². The average molecular weight is 321 g/mol. The molecule has 0 spiro atoms. The van der Waals surface area contributed by atoms with Crippen LogP contribution in [-0.2, 0) is 0 Å². The fourth-order valence-electron chi connectivity index (χ4n) is 3.60. The Morgan fingerprint density at radius 2 is 1.92 bits per heavy atom. The van der Waals surface area contributed by atoms with E-state index in [-0.39, 0.29) is 0 Å². The zero-order valence-electron chi connectivity index (χ0n) is 14.0. The Balaban J connectivity index is 1.78. The molecule has 0 unspecified atom stereocenters. The first kappa shape index (κ1) is 15.1. The summed E-state index contributed by atoms with van der Waals surface area (Å²) in [6.07, 6.45) is 13.0. The Labute approximate surface area is 142 Å². The van der Waals surface area contributed by atoms with Gasteiger partial charge in [-0.15, -0.1) is 10.2 Å². The van der Waals surface area contributed by atoms with Crippen LogP contribution in [0.2, 0.25) is 0 Å². The van der Waals surface area contributed by atoms with Crippen molar-refractivity contribution in [1.82, 2.24) is 25.1 Å². The fourth-order valence-corrected chi connectivity index (χ4v) is 3.60. The summed E-state index contributed by atoms with van der Waals surface area (Å²) >= 11 is 0. The van der Waals surface area contributed by atoms with Crippen LogP contribution in [0, 0.1) is 5.92 Å². The molecule has 5 nitrogen and oxygen atoms in total. The van der Waals surface area contributed by atoms with E-state index in [1.807, 2.05) is 24.4 Å². The van der Waals surface area contributed by atoms with Crippen molar-refractivity contribution in [2.75, 3.05) is 6.54 Å². The van der Waals surface area contributed by atoms with Gasteiger partial charge in [0.15, 0.2) is 11.6 Å². The zero-order valence-corrected chi connectivity index (χ0v) is 14.0. The first-order valence-electron chi connectivity index (χ1n) is 8.80. The number of allylic oxidation sites excluding steroid dienone is 2. The van der Waals surface area contributed by atoms with E-state index in [1.165, 1.54) is 25.7 Å². The van der Waals surface area contributed by atoms with Crippen LogP contribution in [0.4, 0.5) is 0 Å². The van der Waals surface area contributed by atoms with Gasteiger partial charge in [0.2, 0.25) is 0 Å². The third-order valence-corrected chi connectivity index (χ3v) is 4.99. The maximum absolute atomic E-state index is 4.52. The molecule has 3 heterocycles. The molecule has 24 heavy (non-hydrogen) atoms. The predicted molar refractivity (Wildman–Crippen MR) is 95.0 cm³/mol. The van der Waals surface area contributed by atoms with Crippen LogP contribution in [0.3, 0.4) is 0 Å². The van der Waals surface area contributed by atoms with Crippen LogP contribution >= 0.6 is 0 Å². The summed E-state index contributed by atoms with van der Waals surface area (Å²) in [4.78, 5) is 4.50. The Morgan fingerprint density at radius 3 is 2.62 bits per heavy atom. The summed E-state index contributed by atoms with van der Waals surface area (Å²) in [7, 11) is 0. The minimum Gasteiger partial charge on any atom is -0.379 e. The van der Waals surface area contributed by atoms with E-state index < -0.39 is 0 Å². The Kier molecular flexibility index (Phi) is 4.15. The maximum Gasteiger partial charge on any atom is 0.183 e. The number of hydrogen-bond donors (Lipinski definition) is 1. The standard InChI is InChI=1S/C19H23N5/c1-14-8-10-15(11-9-14)24-18(16-6-2-4-12-20-16)22-23-19(24)17-7-3-5-13-21-17/h2-7,12,14-15,21H,8-11,13H2,1H3. The highest BCUT2D eigenvalue weighted by Crippen LogP contribution is 2.36. The van der Waals surface area contributed by atoms with Crippen molar-refractivity contribution in [2.24, 2.45) is 5.92 Å². The second kappa shape index (κ2) is 6.59. The molecular formula is C19H23N5. The fraction of sp³-hybridized carbons (Fsp3) is 0.421. The van der Waals surface area contributed by atoms with Crippen molar-refractivity contribution in [2.45, 2.75) is 38.6 Å². The van der Waals surface area contributed by atoms with Gasteiger partial charge in [0.05, 0.1) is 5.70 Å². The Hall–Kier alpha value is -2.43. The molecule has 124 valence electrons. The van der Waals surface area contributed by atoms with E-state index in [1.54, 1.807) is 0 Å². The van der Waals surface area contributed by atoms with Crippen LogP contribution < -0.4 is 5.32 Å². The van der Waals surface area contributed by atoms with E-state index in [4.69, 9.17) is 0 Å². The molecule has 1 aliphatic heterocycles. The molecule has 1 N–H and O–H groups in total. The molecule has 1 aliphatic carbocycles. The molecule has 0 saturated heterocycles. The molecule has 4 rings (SSSR count). The molecular weight excluding hydrogens is 298 g/mol. The second-order valence-corrected chi connectivity index (χ2v) is 6.74. The lowest BCUT2D eigenvalue weighted by Crippen LogP contribution is -2.23. The monoisotopic (exact) mass is 321 g/mol. The SMILES string of the molecule is CC1CCC(n2c(C3=CC=CCN3)nnc2-c2ccccn2)CC1. The van der Waals surface area contributed by atoms with Crippen LogP contribution in [0.25, 0.3) is 17.2 Å². The number of nitrogens with one attached hydrogen (secondary N) is 1. The second-order valence-electron chi connectivity index (χ2n) is 6.74. The first-order valence-corrected chi connectivity index (χ1v) is 8.80. The average Bonchev–Trinajstić information content (AvgIpc) is 3.09. The Bertz CT molecular complexity index is 751. The smallest absolute Gasteiger partial charge is 0.183 e. The minimum absolute atomic E-state index is 0.441. The molecule has 0 bridgehead atoms. The number of hydrogen-bond acceptors (Lipinski definition) is 4.